The van der Waals surface area contributed by atoms with Gasteiger partial charge < -0.3 is 14.4 Å². The van der Waals surface area contributed by atoms with Crippen LogP contribution in [0.25, 0.3) is 0 Å². The fourth-order valence-electron chi connectivity index (χ4n) is 3.59. The molecule has 0 atom stereocenters. The molecule has 1 fully saturated rings. The second-order valence-electron chi connectivity index (χ2n) is 7.27. The Kier molecular flexibility index (Phi) is 6.22. The first kappa shape index (κ1) is 22.3. The maximum atomic E-state index is 13.1. The Hall–Kier alpha value is -2.89. The van der Waals surface area contributed by atoms with Gasteiger partial charge in [-0.25, -0.2) is 8.42 Å². The molecule has 1 saturated heterocycles. The largest absolute Gasteiger partial charge is 0.490 e. The minimum Gasteiger partial charge on any atom is -0.490 e. The van der Waals surface area contributed by atoms with Gasteiger partial charge in [0.25, 0.3) is 11.6 Å². The summed E-state index contributed by atoms with van der Waals surface area (Å²) in [6, 6.07) is 8.27. The molecule has 1 amide bonds. The lowest BCUT2D eigenvalue weighted by atomic mass is 10.1. The Morgan fingerprint density at radius 1 is 1.00 bits per heavy atom. The fraction of sp³-hybridized carbons (Fsp3) is 0.350. The van der Waals surface area contributed by atoms with E-state index in [0.29, 0.717) is 31.1 Å². The predicted molar refractivity (Wildman–Crippen MR) is 115 cm³/mol. The van der Waals surface area contributed by atoms with Gasteiger partial charge in [-0.05, 0) is 24.3 Å². The molecule has 32 heavy (non-hydrogen) atoms. The number of halogens is 1. The molecule has 10 nitrogen and oxygen atoms in total. The molecule has 2 aliphatic heterocycles. The van der Waals surface area contributed by atoms with Gasteiger partial charge in [-0.15, -0.1) is 0 Å². The van der Waals surface area contributed by atoms with E-state index < -0.39 is 20.9 Å². The van der Waals surface area contributed by atoms with E-state index >= 15 is 0 Å². The van der Waals surface area contributed by atoms with Gasteiger partial charge in [-0.2, -0.15) is 4.31 Å². The van der Waals surface area contributed by atoms with Gasteiger partial charge in [0.15, 0.2) is 11.5 Å². The van der Waals surface area contributed by atoms with Crippen molar-refractivity contribution in [1.82, 2.24) is 9.21 Å². The van der Waals surface area contributed by atoms with E-state index in [-0.39, 0.29) is 47.3 Å². The summed E-state index contributed by atoms with van der Waals surface area (Å²) in [4.78, 5) is 24.9. The molecule has 0 aliphatic carbocycles. The van der Waals surface area contributed by atoms with Crippen molar-refractivity contribution in [3.05, 3.63) is 57.1 Å². The molecule has 2 aromatic carbocycles. The molecule has 0 spiro atoms. The van der Waals surface area contributed by atoms with Gasteiger partial charge in [-0.1, -0.05) is 11.6 Å². The summed E-state index contributed by atoms with van der Waals surface area (Å²) >= 11 is 5.92. The highest BCUT2D eigenvalue weighted by Crippen LogP contribution is 2.33. The van der Waals surface area contributed by atoms with Crippen molar-refractivity contribution in [2.75, 3.05) is 39.4 Å². The average Bonchev–Trinajstić information content (AvgIpc) is 3.03. The molecule has 2 heterocycles. The molecule has 0 unspecified atom stereocenters. The zero-order valence-electron chi connectivity index (χ0n) is 16.9. The number of nitro groups is 1. The van der Waals surface area contributed by atoms with Gasteiger partial charge >= 0.3 is 0 Å². The van der Waals surface area contributed by atoms with Crippen LogP contribution in [0.3, 0.4) is 0 Å². The number of benzene rings is 2. The van der Waals surface area contributed by atoms with Crippen LogP contribution in [-0.4, -0.2) is 67.8 Å². The molecule has 2 aliphatic rings. The number of piperazine rings is 1. The number of hydrogen-bond donors (Lipinski definition) is 0. The number of nitrogens with zero attached hydrogens (tertiary/aromatic N) is 3. The third-order valence-electron chi connectivity index (χ3n) is 5.27. The highest BCUT2D eigenvalue weighted by Gasteiger charge is 2.33. The molecule has 170 valence electrons. The van der Waals surface area contributed by atoms with Crippen LogP contribution in [0.4, 0.5) is 5.69 Å². The van der Waals surface area contributed by atoms with Gasteiger partial charge in [0.2, 0.25) is 10.0 Å². The Morgan fingerprint density at radius 3 is 2.38 bits per heavy atom. The average molecular weight is 482 g/mol. The molecular weight excluding hydrogens is 462 g/mol. The second-order valence-corrected chi connectivity index (χ2v) is 9.65. The van der Waals surface area contributed by atoms with E-state index in [9.17, 15) is 23.3 Å². The topological polar surface area (TPSA) is 119 Å². The van der Waals surface area contributed by atoms with Crippen molar-refractivity contribution >= 4 is 33.2 Å². The second kappa shape index (κ2) is 8.93. The Balaban J connectivity index is 1.49. The standard InChI is InChI=1S/C20H20ClN3O7S/c21-14-2-4-17(24(26)27)16(12-14)20(25)22-6-8-23(9-7-22)32(28,29)15-3-5-18-19(13-15)31-11-1-10-30-18/h2-5,12-13H,1,6-11H2. The molecule has 12 heteroatoms. The summed E-state index contributed by atoms with van der Waals surface area (Å²) in [6.45, 7) is 1.22. The summed E-state index contributed by atoms with van der Waals surface area (Å²) in [7, 11) is -3.82. The first-order valence-electron chi connectivity index (χ1n) is 9.90. The van der Waals surface area contributed by atoms with Crippen molar-refractivity contribution in [2.45, 2.75) is 11.3 Å². The summed E-state index contributed by atoms with van der Waals surface area (Å²) in [5.74, 6) is 0.317. The first-order chi connectivity index (χ1) is 15.3. The smallest absolute Gasteiger partial charge is 0.282 e. The number of carbonyl (C=O) groups excluding carboxylic acids is 1. The van der Waals surface area contributed by atoms with Crippen LogP contribution in [0.2, 0.25) is 5.02 Å². The molecule has 2 aromatic rings. The molecule has 4 rings (SSSR count). The molecule has 0 saturated carbocycles. The Morgan fingerprint density at radius 2 is 1.69 bits per heavy atom. The van der Waals surface area contributed by atoms with Crippen molar-refractivity contribution in [1.29, 1.82) is 0 Å². The highest BCUT2D eigenvalue weighted by molar-refractivity contribution is 7.89. The SMILES string of the molecule is O=C(c1cc(Cl)ccc1[N+](=O)[O-])N1CCN(S(=O)(=O)c2ccc3c(c2)OCCCO3)CC1. The molecule has 0 aromatic heterocycles. The number of nitro benzene ring substituents is 1. The van der Waals surface area contributed by atoms with Crippen LogP contribution in [0, 0.1) is 10.1 Å². The number of sulfonamides is 1. The van der Waals surface area contributed by atoms with Gasteiger partial charge in [-0.3, -0.25) is 14.9 Å². The Bertz CT molecular complexity index is 1160. The van der Waals surface area contributed by atoms with E-state index in [4.69, 9.17) is 21.1 Å². The van der Waals surface area contributed by atoms with Crippen molar-refractivity contribution in [2.24, 2.45) is 0 Å². The molecular formula is C20H20ClN3O7S. The van der Waals surface area contributed by atoms with Gasteiger partial charge in [0.1, 0.15) is 5.56 Å². The minimum atomic E-state index is -3.82. The summed E-state index contributed by atoms with van der Waals surface area (Å²) < 4.78 is 38.6. The number of carbonyl (C=O) groups is 1. The normalized spacial score (nSPS) is 17.0. The lowest BCUT2D eigenvalue weighted by Crippen LogP contribution is -2.50. The molecule has 0 bridgehead atoms. The summed E-state index contributed by atoms with van der Waals surface area (Å²) in [5, 5.41) is 11.5. The van der Waals surface area contributed by atoms with Crippen LogP contribution < -0.4 is 9.47 Å². The van der Waals surface area contributed by atoms with Crippen LogP contribution in [-0.2, 0) is 10.0 Å². The minimum absolute atomic E-state index is 0.0525. The number of hydrogen-bond acceptors (Lipinski definition) is 7. The monoisotopic (exact) mass is 481 g/mol. The molecule has 0 N–H and O–H groups in total. The zero-order chi connectivity index (χ0) is 22.9. The number of fused-ring (bicyclic) bond motifs is 1. The van der Waals surface area contributed by atoms with E-state index in [1.165, 1.54) is 39.5 Å². The summed E-state index contributed by atoms with van der Waals surface area (Å²) in [6.07, 6.45) is 0.706. The predicted octanol–water partition coefficient (Wildman–Crippen LogP) is 2.56. The lowest BCUT2D eigenvalue weighted by molar-refractivity contribution is -0.385. The Labute approximate surface area is 189 Å². The number of rotatable bonds is 4. The number of ether oxygens (including phenoxy) is 2. The van der Waals surface area contributed by atoms with Crippen molar-refractivity contribution in [3.63, 3.8) is 0 Å². The van der Waals surface area contributed by atoms with Crippen molar-refractivity contribution < 1.29 is 27.6 Å². The first-order valence-corrected chi connectivity index (χ1v) is 11.7. The highest BCUT2D eigenvalue weighted by atomic mass is 35.5. The van der Waals surface area contributed by atoms with E-state index in [0.717, 1.165) is 0 Å². The van der Waals surface area contributed by atoms with Crippen LogP contribution >= 0.6 is 11.6 Å². The van der Waals surface area contributed by atoms with E-state index in [1.54, 1.807) is 6.07 Å². The van der Waals surface area contributed by atoms with Crippen LogP contribution in [0.5, 0.6) is 11.5 Å². The third kappa shape index (κ3) is 4.36. The number of amides is 1. The third-order valence-corrected chi connectivity index (χ3v) is 7.40. The lowest BCUT2D eigenvalue weighted by Gasteiger charge is -2.34. The zero-order valence-corrected chi connectivity index (χ0v) is 18.5. The van der Waals surface area contributed by atoms with E-state index in [2.05, 4.69) is 0 Å². The summed E-state index contributed by atoms with van der Waals surface area (Å²) in [5.41, 5.74) is -0.469. The van der Waals surface area contributed by atoms with Crippen LogP contribution in [0.1, 0.15) is 16.8 Å². The van der Waals surface area contributed by atoms with Gasteiger partial charge in [0, 0.05) is 49.8 Å². The maximum absolute atomic E-state index is 13.1. The van der Waals surface area contributed by atoms with Crippen molar-refractivity contribution in [3.8, 4) is 11.5 Å². The molecule has 0 radical (unpaired) electrons. The quantitative estimate of drug-likeness (QED) is 0.486. The van der Waals surface area contributed by atoms with Crippen LogP contribution in [0.15, 0.2) is 41.3 Å². The maximum Gasteiger partial charge on any atom is 0.282 e. The van der Waals surface area contributed by atoms with E-state index in [1.807, 2.05) is 0 Å². The van der Waals surface area contributed by atoms with Gasteiger partial charge in [0.05, 0.1) is 23.0 Å². The fourth-order valence-corrected chi connectivity index (χ4v) is 5.20.